The lowest BCUT2D eigenvalue weighted by Gasteiger charge is -2.33. The minimum atomic E-state index is -0.349. The van der Waals surface area contributed by atoms with Crippen LogP contribution in [0.5, 0.6) is 0 Å². The van der Waals surface area contributed by atoms with Gasteiger partial charge in [0.25, 0.3) is 0 Å². The number of hydrazine groups is 1. The molecule has 4 heteroatoms. The summed E-state index contributed by atoms with van der Waals surface area (Å²) in [5.74, 6) is 5.63. The molecule has 1 aromatic carbocycles. The predicted molar refractivity (Wildman–Crippen MR) is 78.6 cm³/mol. The monoisotopic (exact) mass is 280 g/mol. The van der Waals surface area contributed by atoms with E-state index >= 15 is 0 Å². The van der Waals surface area contributed by atoms with E-state index in [1.807, 2.05) is 32.9 Å². The average Bonchev–Trinajstić information content (AvgIpc) is 2.51. The van der Waals surface area contributed by atoms with Gasteiger partial charge in [0.15, 0.2) is 0 Å². The molecule has 3 nitrogen and oxygen atoms in total. The van der Waals surface area contributed by atoms with Crippen LogP contribution in [0.4, 0.5) is 4.39 Å². The third kappa shape index (κ3) is 2.87. The van der Waals surface area contributed by atoms with Crippen LogP contribution in [0.25, 0.3) is 0 Å². The van der Waals surface area contributed by atoms with E-state index in [-0.39, 0.29) is 29.0 Å². The predicted octanol–water partition coefficient (Wildman–Crippen LogP) is 3.23. The van der Waals surface area contributed by atoms with Crippen LogP contribution >= 0.6 is 0 Å². The molecule has 0 aliphatic carbocycles. The van der Waals surface area contributed by atoms with Gasteiger partial charge in [-0.05, 0) is 52.7 Å². The fourth-order valence-corrected chi connectivity index (χ4v) is 3.43. The number of rotatable bonds is 3. The fraction of sp³-hybridized carbons (Fsp3) is 0.625. The van der Waals surface area contributed by atoms with Crippen molar-refractivity contribution < 1.29 is 9.13 Å². The van der Waals surface area contributed by atoms with Crippen LogP contribution in [-0.4, -0.2) is 11.2 Å². The quantitative estimate of drug-likeness (QED) is 0.660. The first-order valence-electron chi connectivity index (χ1n) is 7.09. The molecule has 0 aromatic heterocycles. The molecule has 2 unspecified atom stereocenters. The molecule has 0 saturated carbocycles. The van der Waals surface area contributed by atoms with Crippen LogP contribution in [0.15, 0.2) is 18.2 Å². The van der Waals surface area contributed by atoms with E-state index < -0.39 is 0 Å². The van der Waals surface area contributed by atoms with Crippen molar-refractivity contribution in [1.82, 2.24) is 5.43 Å². The molecule has 0 amide bonds. The molecule has 112 valence electrons. The van der Waals surface area contributed by atoms with Crippen LogP contribution in [0, 0.1) is 18.7 Å². The topological polar surface area (TPSA) is 47.3 Å². The van der Waals surface area contributed by atoms with Gasteiger partial charge in [0.2, 0.25) is 0 Å². The van der Waals surface area contributed by atoms with Gasteiger partial charge in [0.05, 0.1) is 17.2 Å². The summed E-state index contributed by atoms with van der Waals surface area (Å²) in [6.45, 7) is 10.1. The van der Waals surface area contributed by atoms with Crippen LogP contribution in [0.2, 0.25) is 0 Å². The zero-order valence-electron chi connectivity index (χ0n) is 13.0. The van der Waals surface area contributed by atoms with Crippen molar-refractivity contribution in [2.24, 2.45) is 11.8 Å². The lowest BCUT2D eigenvalue weighted by atomic mass is 9.79. The van der Waals surface area contributed by atoms with Gasteiger partial charge >= 0.3 is 0 Å². The number of nitrogens with one attached hydrogen (secondary N) is 1. The second-order valence-electron chi connectivity index (χ2n) is 6.95. The third-order valence-corrected chi connectivity index (χ3v) is 4.22. The summed E-state index contributed by atoms with van der Waals surface area (Å²) in [5, 5.41) is 0. The smallest absolute Gasteiger partial charge is 0.128 e. The van der Waals surface area contributed by atoms with Crippen molar-refractivity contribution in [3.05, 3.63) is 35.1 Å². The summed E-state index contributed by atoms with van der Waals surface area (Å²) < 4.78 is 20.3. The van der Waals surface area contributed by atoms with Gasteiger partial charge in [-0.2, -0.15) is 0 Å². The summed E-state index contributed by atoms with van der Waals surface area (Å²) in [7, 11) is 0. The normalized spacial score (nSPS) is 25.6. The molecule has 1 heterocycles. The van der Waals surface area contributed by atoms with Crippen molar-refractivity contribution in [3.8, 4) is 0 Å². The Hall–Kier alpha value is -0.970. The molecule has 0 spiro atoms. The molecule has 0 radical (unpaired) electrons. The number of hydrogen-bond donors (Lipinski definition) is 2. The Morgan fingerprint density at radius 1 is 1.35 bits per heavy atom. The molecule has 2 atom stereocenters. The second kappa shape index (κ2) is 5.10. The maximum absolute atomic E-state index is 14.2. The standard InChI is InChI=1S/C16H25FN2O/c1-10-6-7-11(13(17)8-10)14(19-18)12-9-15(2,3)20-16(12,4)5/h6-8,12,14,19H,9,18H2,1-5H3. The Bertz CT molecular complexity index is 499. The second-order valence-corrected chi connectivity index (χ2v) is 6.95. The number of hydrogen-bond acceptors (Lipinski definition) is 3. The zero-order chi connectivity index (χ0) is 15.1. The van der Waals surface area contributed by atoms with Crippen molar-refractivity contribution in [2.45, 2.75) is 58.3 Å². The van der Waals surface area contributed by atoms with Gasteiger partial charge in [-0.3, -0.25) is 11.3 Å². The maximum atomic E-state index is 14.2. The fourth-order valence-electron chi connectivity index (χ4n) is 3.43. The van der Waals surface area contributed by atoms with Gasteiger partial charge in [-0.1, -0.05) is 12.1 Å². The molecular formula is C16H25FN2O. The Kier molecular flexibility index (Phi) is 3.93. The number of nitrogens with two attached hydrogens (primary N) is 1. The number of halogens is 1. The first kappa shape index (κ1) is 15.4. The third-order valence-electron chi connectivity index (χ3n) is 4.22. The Balaban J connectivity index is 2.37. The van der Waals surface area contributed by atoms with E-state index in [1.165, 1.54) is 0 Å². The molecule has 0 bridgehead atoms. The van der Waals surface area contributed by atoms with Crippen LogP contribution < -0.4 is 11.3 Å². The van der Waals surface area contributed by atoms with Gasteiger partial charge in [-0.15, -0.1) is 0 Å². The van der Waals surface area contributed by atoms with Crippen LogP contribution in [0.1, 0.15) is 51.3 Å². The van der Waals surface area contributed by atoms with Crippen LogP contribution in [-0.2, 0) is 4.74 Å². The minimum absolute atomic E-state index is 0.111. The number of ether oxygens (including phenoxy) is 1. The van der Waals surface area contributed by atoms with Gasteiger partial charge in [0, 0.05) is 11.5 Å². The highest BCUT2D eigenvalue weighted by Gasteiger charge is 2.49. The van der Waals surface area contributed by atoms with Gasteiger partial charge < -0.3 is 4.74 Å². The summed E-state index contributed by atoms with van der Waals surface area (Å²) in [6.07, 6.45) is 0.835. The Morgan fingerprint density at radius 2 is 2.00 bits per heavy atom. The number of benzene rings is 1. The summed E-state index contributed by atoms with van der Waals surface area (Å²) in [6, 6.07) is 5.02. The summed E-state index contributed by atoms with van der Waals surface area (Å²) in [5.41, 5.74) is 3.74. The van der Waals surface area contributed by atoms with Crippen molar-refractivity contribution >= 4 is 0 Å². The molecule has 3 N–H and O–H groups in total. The van der Waals surface area contributed by atoms with Crippen molar-refractivity contribution in [3.63, 3.8) is 0 Å². The van der Waals surface area contributed by atoms with Crippen molar-refractivity contribution in [1.29, 1.82) is 0 Å². The zero-order valence-corrected chi connectivity index (χ0v) is 13.0. The van der Waals surface area contributed by atoms with Gasteiger partial charge in [-0.25, -0.2) is 4.39 Å². The van der Waals surface area contributed by atoms with E-state index in [0.29, 0.717) is 5.56 Å². The van der Waals surface area contributed by atoms with E-state index in [0.717, 1.165) is 12.0 Å². The maximum Gasteiger partial charge on any atom is 0.128 e. The highest BCUT2D eigenvalue weighted by Crippen LogP contribution is 2.47. The Morgan fingerprint density at radius 3 is 2.45 bits per heavy atom. The highest BCUT2D eigenvalue weighted by atomic mass is 19.1. The first-order chi connectivity index (χ1) is 9.16. The molecule has 1 saturated heterocycles. The Labute approximate surface area is 120 Å². The van der Waals surface area contributed by atoms with E-state index in [2.05, 4.69) is 19.3 Å². The largest absolute Gasteiger partial charge is 0.369 e. The number of aryl methyl sites for hydroxylation is 1. The highest BCUT2D eigenvalue weighted by molar-refractivity contribution is 5.27. The van der Waals surface area contributed by atoms with E-state index in [4.69, 9.17) is 10.6 Å². The molecule has 1 aliphatic rings. The molecule has 20 heavy (non-hydrogen) atoms. The van der Waals surface area contributed by atoms with Gasteiger partial charge in [0.1, 0.15) is 5.82 Å². The molecule has 1 fully saturated rings. The molecule has 2 rings (SSSR count). The molecule has 1 aliphatic heterocycles. The average molecular weight is 280 g/mol. The summed E-state index contributed by atoms with van der Waals surface area (Å²) in [4.78, 5) is 0. The van der Waals surface area contributed by atoms with E-state index in [9.17, 15) is 4.39 Å². The van der Waals surface area contributed by atoms with Crippen molar-refractivity contribution in [2.75, 3.05) is 0 Å². The molecular weight excluding hydrogens is 255 g/mol. The van der Waals surface area contributed by atoms with Crippen LogP contribution in [0.3, 0.4) is 0 Å². The minimum Gasteiger partial charge on any atom is -0.369 e. The first-order valence-corrected chi connectivity index (χ1v) is 7.09. The lowest BCUT2D eigenvalue weighted by molar-refractivity contribution is -0.0779. The van der Waals surface area contributed by atoms with E-state index in [1.54, 1.807) is 6.07 Å². The molecule has 1 aromatic rings. The lowest BCUT2D eigenvalue weighted by Crippen LogP contribution is -2.41. The SMILES string of the molecule is Cc1ccc(C(NN)C2CC(C)(C)OC2(C)C)c(F)c1. The summed E-state index contributed by atoms with van der Waals surface area (Å²) >= 11 is 0.